The number of carbonyl (C=O) groups is 4. The third-order valence-electron chi connectivity index (χ3n) is 2.41. The van der Waals surface area contributed by atoms with Gasteiger partial charge >= 0.3 is 54.8 Å². The number of hydrogen-bond donors (Lipinski definition) is 5. The number of nitrogens with zero attached hydrogens (tertiary/aromatic N) is 1. The van der Waals surface area contributed by atoms with Gasteiger partial charge in [0.2, 0.25) is 0 Å². The van der Waals surface area contributed by atoms with Crippen molar-refractivity contribution >= 4 is 29.7 Å². The van der Waals surface area contributed by atoms with Gasteiger partial charge in [-0.25, -0.2) is 24.2 Å². The van der Waals surface area contributed by atoms with Crippen molar-refractivity contribution in [3.05, 3.63) is 23.4 Å². The molecule has 0 aromatic carbocycles. The van der Waals surface area contributed by atoms with Crippen LogP contribution in [0.3, 0.4) is 0 Å². The third kappa shape index (κ3) is 24.1. The second kappa shape index (κ2) is 16.0. The van der Waals surface area contributed by atoms with Gasteiger partial charge in [0, 0.05) is 6.20 Å². The van der Waals surface area contributed by atoms with Crippen molar-refractivity contribution in [1.29, 1.82) is 0 Å². The lowest BCUT2D eigenvalue weighted by Crippen LogP contribution is -2.21. The summed E-state index contributed by atoms with van der Waals surface area (Å²) < 4.78 is 163. The van der Waals surface area contributed by atoms with E-state index in [0.717, 1.165) is 6.20 Å². The Labute approximate surface area is 208 Å². The average Bonchev–Trinajstić information content (AvgIpc) is 2.65. The number of aromatic nitrogens is 1. The number of anilines is 1. The van der Waals surface area contributed by atoms with Crippen molar-refractivity contribution in [3.63, 3.8) is 0 Å². The molecule has 0 radical (unpaired) electrons. The molecule has 0 atom stereocenters. The molecule has 0 aliphatic carbocycles. The summed E-state index contributed by atoms with van der Waals surface area (Å²) in [5.74, 6) is -10.9. The summed E-state index contributed by atoms with van der Waals surface area (Å²) in [6.45, 7) is 1.35. The highest BCUT2D eigenvalue weighted by Crippen LogP contribution is 2.31. The van der Waals surface area contributed by atoms with E-state index >= 15 is 0 Å². The van der Waals surface area contributed by atoms with Crippen molar-refractivity contribution in [2.24, 2.45) is 0 Å². The van der Waals surface area contributed by atoms with Gasteiger partial charge in [-0.05, 0) is 18.6 Å². The second-order valence-corrected chi connectivity index (χ2v) is 5.63. The first kappa shape index (κ1) is 42.9. The molecule has 0 bridgehead atoms. The van der Waals surface area contributed by atoms with Gasteiger partial charge < -0.3 is 26.2 Å². The molecule has 1 heterocycles. The Hall–Kier alpha value is -4.22. The Kier molecular flexibility index (Phi) is 17.2. The minimum atomic E-state index is -5.08. The number of nitrogens with two attached hydrogens (primary N) is 1. The molecule has 6 N–H and O–H groups in total. The molecular formula is C15H11F15N2O8. The van der Waals surface area contributed by atoms with E-state index in [0.29, 0.717) is 0 Å². The topological polar surface area (TPSA) is 188 Å². The van der Waals surface area contributed by atoms with Crippen LogP contribution in [0.25, 0.3) is 0 Å². The fourth-order valence-electron chi connectivity index (χ4n) is 0.875. The molecule has 25 heteroatoms. The van der Waals surface area contributed by atoms with Crippen molar-refractivity contribution in [1.82, 2.24) is 4.98 Å². The van der Waals surface area contributed by atoms with E-state index in [1.165, 1.54) is 13.0 Å². The normalized spacial score (nSPS) is 11.4. The molecule has 0 fully saturated rings. The van der Waals surface area contributed by atoms with Crippen LogP contribution in [0.2, 0.25) is 0 Å². The predicted octanol–water partition coefficient (Wildman–Crippen LogP) is 4.52. The van der Waals surface area contributed by atoms with Gasteiger partial charge in [-0.3, -0.25) is 0 Å². The number of nitrogen functional groups attached to an aromatic ring is 1. The molecule has 0 spiro atoms. The number of rotatable bonds is 0. The van der Waals surface area contributed by atoms with Crippen molar-refractivity contribution < 1.29 is 105 Å². The zero-order valence-corrected chi connectivity index (χ0v) is 18.3. The Morgan fingerprint density at radius 3 is 0.925 bits per heavy atom. The number of alkyl halides is 15. The van der Waals surface area contributed by atoms with Crippen molar-refractivity contribution in [2.75, 3.05) is 5.73 Å². The van der Waals surface area contributed by atoms with Gasteiger partial charge in [0.25, 0.3) is 0 Å². The van der Waals surface area contributed by atoms with Gasteiger partial charge in [0.05, 0.1) is 5.56 Å². The molecule has 1 rings (SSSR count). The van der Waals surface area contributed by atoms with Crippen LogP contribution in [0.4, 0.5) is 71.7 Å². The summed E-state index contributed by atoms with van der Waals surface area (Å²) in [6, 6.07) is 1.20. The highest BCUT2D eigenvalue weighted by atomic mass is 19.4. The maximum atomic E-state index is 12.1. The van der Waals surface area contributed by atoms with Crippen LogP contribution in [0, 0.1) is 6.92 Å². The summed E-state index contributed by atoms with van der Waals surface area (Å²) in [6.07, 6.45) is -23.9. The van der Waals surface area contributed by atoms with E-state index in [-0.39, 0.29) is 11.4 Å². The molecule has 40 heavy (non-hydrogen) atoms. The van der Waals surface area contributed by atoms with Gasteiger partial charge in [-0.2, -0.15) is 65.9 Å². The highest BCUT2D eigenvalue weighted by Gasteiger charge is 2.40. The maximum Gasteiger partial charge on any atom is 0.490 e. The molecule has 1 aromatic heterocycles. The minimum absolute atomic E-state index is 0.0926. The zero-order chi connectivity index (χ0) is 33.7. The molecular weight excluding hydrogens is 621 g/mol. The summed E-state index contributed by atoms with van der Waals surface area (Å²) in [4.78, 5) is 38.9. The van der Waals surface area contributed by atoms with Crippen LogP contribution in [0.1, 0.15) is 11.1 Å². The fourth-order valence-corrected chi connectivity index (χ4v) is 0.875. The molecule has 10 nitrogen and oxygen atoms in total. The van der Waals surface area contributed by atoms with Crippen LogP contribution in [-0.2, 0) is 25.4 Å². The van der Waals surface area contributed by atoms with Crippen molar-refractivity contribution in [2.45, 2.75) is 37.8 Å². The molecule has 0 unspecified atom stereocenters. The SMILES string of the molecule is Cc1cc(N)ncc1C(F)(F)F.O=C(O)C(F)(F)F.O=C(O)C(F)(F)F.O=C(O)C(F)(F)F.O=C(O)C(F)(F)F. The number of halogens is 15. The molecule has 0 aliphatic rings. The van der Waals surface area contributed by atoms with E-state index in [9.17, 15) is 65.9 Å². The van der Waals surface area contributed by atoms with Crippen LogP contribution < -0.4 is 5.73 Å². The molecule has 0 saturated heterocycles. The smallest absolute Gasteiger partial charge is 0.475 e. The van der Waals surface area contributed by atoms with E-state index in [4.69, 9.17) is 45.3 Å². The number of aliphatic carboxylic acids is 4. The molecule has 234 valence electrons. The Balaban J connectivity index is -0.000000208. The molecule has 0 amide bonds. The van der Waals surface area contributed by atoms with Crippen LogP contribution >= 0.6 is 0 Å². The van der Waals surface area contributed by atoms with E-state index in [2.05, 4.69) is 4.98 Å². The summed E-state index contributed by atoms with van der Waals surface area (Å²) in [7, 11) is 0. The lowest BCUT2D eigenvalue weighted by Gasteiger charge is -2.08. The van der Waals surface area contributed by atoms with Gasteiger partial charge in [0.1, 0.15) is 5.82 Å². The molecule has 0 aliphatic heterocycles. The van der Waals surface area contributed by atoms with Crippen LogP contribution in [0.5, 0.6) is 0 Å². The molecule has 0 saturated carbocycles. The Bertz CT molecular complexity index is 884. The molecule has 1 aromatic rings. The first-order chi connectivity index (χ1) is 17.2. The number of hydrogen-bond acceptors (Lipinski definition) is 6. The monoisotopic (exact) mass is 632 g/mol. The van der Waals surface area contributed by atoms with Gasteiger partial charge in [0.15, 0.2) is 0 Å². The standard InChI is InChI=1S/C7H7F3N2.4C2HF3O2/c1-4-2-6(11)12-3-5(4)7(8,9)10;4*3-2(4,5)1(6)7/h2-3H,1H3,(H2,11,12);4*(H,6,7). The number of pyridine rings is 1. The van der Waals surface area contributed by atoms with E-state index in [1.54, 1.807) is 0 Å². The first-order valence-electron chi connectivity index (χ1n) is 8.18. The quantitative estimate of drug-likeness (QED) is 0.255. The first-order valence-corrected chi connectivity index (χ1v) is 8.18. The average molecular weight is 632 g/mol. The number of carboxylic acid groups (broad SMARTS) is 4. The largest absolute Gasteiger partial charge is 0.490 e. The summed E-state index contributed by atoms with van der Waals surface area (Å²) in [5.41, 5.74) is 4.55. The predicted molar refractivity (Wildman–Crippen MR) is 93.2 cm³/mol. The Morgan fingerprint density at radius 1 is 0.600 bits per heavy atom. The summed E-state index contributed by atoms with van der Waals surface area (Å²) in [5, 5.41) is 28.5. The zero-order valence-electron chi connectivity index (χ0n) is 18.3. The van der Waals surface area contributed by atoms with Gasteiger partial charge in [-0.1, -0.05) is 0 Å². The van der Waals surface area contributed by atoms with E-state index < -0.39 is 60.3 Å². The second-order valence-electron chi connectivity index (χ2n) is 5.63. The fraction of sp³-hybridized carbons (Fsp3) is 0.400. The Morgan fingerprint density at radius 2 is 0.800 bits per heavy atom. The lowest BCUT2D eigenvalue weighted by molar-refractivity contribution is -0.193. The van der Waals surface area contributed by atoms with Crippen LogP contribution in [0.15, 0.2) is 12.3 Å². The lowest BCUT2D eigenvalue weighted by atomic mass is 10.1. The van der Waals surface area contributed by atoms with Gasteiger partial charge in [-0.15, -0.1) is 0 Å². The van der Waals surface area contributed by atoms with Crippen molar-refractivity contribution in [3.8, 4) is 0 Å². The van der Waals surface area contributed by atoms with E-state index in [1.807, 2.05) is 0 Å². The van der Waals surface area contributed by atoms with Crippen LogP contribution in [-0.4, -0.2) is 74.0 Å². The minimum Gasteiger partial charge on any atom is -0.475 e. The summed E-state index contributed by atoms with van der Waals surface area (Å²) >= 11 is 0. The number of aryl methyl sites for hydroxylation is 1. The third-order valence-corrected chi connectivity index (χ3v) is 2.41. The maximum absolute atomic E-state index is 12.1. The number of carboxylic acids is 4. The highest BCUT2D eigenvalue weighted by molar-refractivity contribution is 5.74.